The maximum absolute atomic E-state index is 8.86. The van der Waals surface area contributed by atoms with Gasteiger partial charge in [-0.25, -0.2) is 4.98 Å². The Balaban J connectivity index is 2.01. The molecule has 1 fully saturated rings. The molecule has 1 aliphatic heterocycles. The molecule has 0 unspecified atom stereocenters. The Morgan fingerprint density at radius 3 is 2.86 bits per heavy atom. The first kappa shape index (κ1) is 9.68. The average Bonchev–Trinajstić information content (AvgIpc) is 2.67. The number of aromatic nitrogens is 1. The minimum Gasteiger partial charge on any atom is -0.448 e. The number of likely N-dealkylation sites (tertiary alicyclic amines) is 1. The number of aliphatic hydroxyl groups is 1. The van der Waals surface area contributed by atoms with Crippen molar-refractivity contribution in [2.45, 2.75) is 25.4 Å². The van der Waals surface area contributed by atoms with E-state index in [9.17, 15) is 0 Å². The number of hydrogen-bond acceptors (Lipinski definition) is 4. The molecule has 1 aromatic heterocycles. The molecule has 4 heteroatoms. The van der Waals surface area contributed by atoms with Crippen LogP contribution in [0.3, 0.4) is 0 Å². The van der Waals surface area contributed by atoms with Gasteiger partial charge in [0.05, 0.1) is 6.61 Å². The van der Waals surface area contributed by atoms with Gasteiger partial charge in [0.25, 0.3) is 0 Å². The molecule has 4 nitrogen and oxygen atoms in total. The minimum atomic E-state index is -0.0316. The van der Waals surface area contributed by atoms with Crippen LogP contribution in [0.25, 0.3) is 0 Å². The van der Waals surface area contributed by atoms with E-state index in [2.05, 4.69) is 16.9 Å². The van der Waals surface area contributed by atoms with Gasteiger partial charge in [-0.15, -0.1) is 0 Å². The van der Waals surface area contributed by atoms with E-state index in [0.29, 0.717) is 11.6 Å². The van der Waals surface area contributed by atoms with Crippen molar-refractivity contribution in [1.82, 2.24) is 9.88 Å². The van der Waals surface area contributed by atoms with Gasteiger partial charge >= 0.3 is 0 Å². The van der Waals surface area contributed by atoms with Crippen LogP contribution in [0.4, 0.5) is 0 Å². The lowest BCUT2D eigenvalue weighted by Gasteiger charge is -2.26. The molecule has 0 aromatic carbocycles. The molecule has 1 aliphatic rings. The van der Waals surface area contributed by atoms with Crippen molar-refractivity contribution in [2.24, 2.45) is 0 Å². The Kier molecular flexibility index (Phi) is 2.84. The van der Waals surface area contributed by atoms with E-state index in [0.717, 1.165) is 31.8 Å². The molecule has 78 valence electrons. The maximum Gasteiger partial charge on any atom is 0.197 e. The van der Waals surface area contributed by atoms with Gasteiger partial charge in [0, 0.05) is 5.92 Å². The molecule has 0 amide bonds. The van der Waals surface area contributed by atoms with Gasteiger partial charge < -0.3 is 14.4 Å². The van der Waals surface area contributed by atoms with Crippen molar-refractivity contribution in [1.29, 1.82) is 0 Å². The van der Waals surface area contributed by atoms with Gasteiger partial charge in [-0.1, -0.05) is 0 Å². The lowest BCUT2D eigenvalue weighted by atomic mass is 9.97. The molecule has 1 aromatic rings. The van der Waals surface area contributed by atoms with Crippen molar-refractivity contribution in [3.8, 4) is 0 Å². The number of hydrogen-bond donors (Lipinski definition) is 1. The van der Waals surface area contributed by atoms with E-state index in [1.165, 1.54) is 0 Å². The molecular weight excluding hydrogens is 180 g/mol. The predicted octanol–water partition coefficient (Wildman–Crippen LogP) is 0.976. The fraction of sp³-hybridized carbons (Fsp3) is 0.700. The number of aliphatic hydroxyl groups excluding tert-OH is 1. The van der Waals surface area contributed by atoms with Crippen molar-refractivity contribution < 1.29 is 9.52 Å². The fourth-order valence-electron chi connectivity index (χ4n) is 1.84. The van der Waals surface area contributed by atoms with Gasteiger partial charge in [-0.3, -0.25) is 0 Å². The summed E-state index contributed by atoms with van der Waals surface area (Å²) in [5, 5.41) is 8.86. The highest BCUT2D eigenvalue weighted by Crippen LogP contribution is 2.26. The SMILES string of the molecule is CN1CCC(c2nc(CO)co2)CC1. The number of oxazole rings is 1. The molecule has 0 bridgehead atoms. The number of piperidine rings is 1. The van der Waals surface area contributed by atoms with Crippen LogP contribution in [0.1, 0.15) is 30.3 Å². The van der Waals surface area contributed by atoms with Crippen molar-refractivity contribution >= 4 is 0 Å². The summed E-state index contributed by atoms with van der Waals surface area (Å²) in [6.45, 7) is 2.17. The van der Waals surface area contributed by atoms with Crippen LogP contribution in [0.2, 0.25) is 0 Å². The smallest absolute Gasteiger partial charge is 0.197 e. The van der Waals surface area contributed by atoms with E-state index >= 15 is 0 Å². The van der Waals surface area contributed by atoms with Crippen molar-refractivity contribution in [3.63, 3.8) is 0 Å². The zero-order chi connectivity index (χ0) is 9.97. The summed E-state index contributed by atoms with van der Waals surface area (Å²) in [4.78, 5) is 6.55. The third-order valence-electron chi connectivity index (χ3n) is 2.80. The second-order valence-electron chi connectivity index (χ2n) is 3.91. The lowest BCUT2D eigenvalue weighted by Crippen LogP contribution is -2.29. The Morgan fingerprint density at radius 2 is 2.29 bits per heavy atom. The zero-order valence-electron chi connectivity index (χ0n) is 8.44. The molecule has 0 spiro atoms. The van der Waals surface area contributed by atoms with Crippen molar-refractivity contribution in [3.05, 3.63) is 17.8 Å². The standard InChI is InChI=1S/C10H16N2O2/c1-12-4-2-8(3-5-12)10-11-9(6-13)7-14-10/h7-8,13H,2-6H2,1H3. The van der Waals surface area contributed by atoms with Gasteiger partial charge in [-0.05, 0) is 33.0 Å². The van der Waals surface area contributed by atoms with Crippen LogP contribution in [0, 0.1) is 0 Å². The number of rotatable bonds is 2. The molecule has 1 N–H and O–H groups in total. The topological polar surface area (TPSA) is 49.5 Å². The van der Waals surface area contributed by atoms with Crippen LogP contribution in [0.5, 0.6) is 0 Å². The molecule has 1 saturated heterocycles. The first-order chi connectivity index (χ1) is 6.79. The van der Waals surface area contributed by atoms with Crippen molar-refractivity contribution in [2.75, 3.05) is 20.1 Å². The summed E-state index contributed by atoms with van der Waals surface area (Å²) in [5.41, 5.74) is 0.638. The van der Waals surface area contributed by atoms with E-state index in [1.807, 2.05) is 0 Å². The first-order valence-corrected chi connectivity index (χ1v) is 5.03. The van der Waals surface area contributed by atoms with E-state index in [-0.39, 0.29) is 6.61 Å². The number of nitrogens with zero attached hydrogens (tertiary/aromatic N) is 2. The molecule has 2 rings (SSSR count). The Hall–Kier alpha value is -0.870. The fourth-order valence-corrected chi connectivity index (χ4v) is 1.84. The molecule has 2 heterocycles. The Labute approximate surface area is 83.5 Å². The first-order valence-electron chi connectivity index (χ1n) is 5.03. The van der Waals surface area contributed by atoms with Crippen LogP contribution >= 0.6 is 0 Å². The van der Waals surface area contributed by atoms with Crippen LogP contribution in [0.15, 0.2) is 10.7 Å². The van der Waals surface area contributed by atoms with E-state index < -0.39 is 0 Å². The third-order valence-corrected chi connectivity index (χ3v) is 2.80. The average molecular weight is 196 g/mol. The second-order valence-corrected chi connectivity index (χ2v) is 3.91. The highest BCUT2D eigenvalue weighted by Gasteiger charge is 2.22. The summed E-state index contributed by atoms with van der Waals surface area (Å²) < 4.78 is 5.34. The molecule has 0 atom stereocenters. The monoisotopic (exact) mass is 196 g/mol. The van der Waals surface area contributed by atoms with Gasteiger partial charge in [-0.2, -0.15) is 0 Å². The van der Waals surface area contributed by atoms with Gasteiger partial charge in [0.2, 0.25) is 0 Å². The molecule has 0 saturated carbocycles. The highest BCUT2D eigenvalue weighted by atomic mass is 16.3. The Bertz CT molecular complexity index is 290. The van der Waals surface area contributed by atoms with Crippen LogP contribution in [-0.2, 0) is 6.61 Å². The second kappa shape index (κ2) is 4.11. The van der Waals surface area contributed by atoms with Crippen LogP contribution in [-0.4, -0.2) is 35.1 Å². The zero-order valence-corrected chi connectivity index (χ0v) is 8.44. The van der Waals surface area contributed by atoms with E-state index in [1.54, 1.807) is 6.26 Å². The Morgan fingerprint density at radius 1 is 1.57 bits per heavy atom. The summed E-state index contributed by atoms with van der Waals surface area (Å²) in [6.07, 6.45) is 3.75. The van der Waals surface area contributed by atoms with Gasteiger partial charge in [0.15, 0.2) is 5.89 Å². The summed E-state index contributed by atoms with van der Waals surface area (Å²) in [7, 11) is 2.13. The summed E-state index contributed by atoms with van der Waals surface area (Å²) in [5.74, 6) is 1.23. The molecule has 0 aliphatic carbocycles. The highest BCUT2D eigenvalue weighted by molar-refractivity contribution is 5.01. The summed E-state index contributed by atoms with van der Waals surface area (Å²) in [6, 6.07) is 0. The molecular formula is C10H16N2O2. The molecule has 14 heavy (non-hydrogen) atoms. The molecule has 0 radical (unpaired) electrons. The minimum absolute atomic E-state index is 0.0316. The largest absolute Gasteiger partial charge is 0.448 e. The van der Waals surface area contributed by atoms with Gasteiger partial charge in [0.1, 0.15) is 12.0 Å². The predicted molar refractivity (Wildman–Crippen MR) is 51.9 cm³/mol. The third kappa shape index (κ3) is 1.96. The van der Waals surface area contributed by atoms with E-state index in [4.69, 9.17) is 9.52 Å². The maximum atomic E-state index is 8.86. The quantitative estimate of drug-likeness (QED) is 0.766. The normalized spacial score (nSPS) is 20.1. The lowest BCUT2D eigenvalue weighted by molar-refractivity contribution is 0.237. The summed E-state index contributed by atoms with van der Waals surface area (Å²) >= 11 is 0. The van der Waals surface area contributed by atoms with Crippen LogP contribution < -0.4 is 0 Å².